The maximum Gasteiger partial charge on any atom is 0.121 e. The lowest BCUT2D eigenvalue weighted by molar-refractivity contribution is 0.153. The number of hydrogen-bond donors (Lipinski definition) is 0. The van der Waals surface area contributed by atoms with Gasteiger partial charge in [-0.3, -0.25) is 0 Å². The molecule has 1 saturated carbocycles. The lowest BCUT2D eigenvalue weighted by Crippen LogP contribution is -2.32. The van der Waals surface area contributed by atoms with Crippen LogP contribution in [-0.4, -0.2) is 12.0 Å². The van der Waals surface area contributed by atoms with Gasteiger partial charge in [0.1, 0.15) is 5.75 Å². The first kappa shape index (κ1) is 17.7. The minimum atomic E-state index is 0.268. The van der Waals surface area contributed by atoms with Crippen LogP contribution in [0, 0.1) is 18.8 Å². The molecule has 0 N–H and O–H groups in total. The van der Waals surface area contributed by atoms with Gasteiger partial charge in [0, 0.05) is 10.4 Å². The summed E-state index contributed by atoms with van der Waals surface area (Å²) in [6, 6.07) is 5.88. The molecular formula is C19H26Cl2O. The highest BCUT2D eigenvalue weighted by molar-refractivity contribution is 6.30. The Kier molecular flexibility index (Phi) is 7.11. The minimum Gasteiger partial charge on any atom is -0.493 e. The van der Waals surface area contributed by atoms with E-state index < -0.39 is 0 Å². The van der Waals surface area contributed by atoms with Crippen molar-refractivity contribution in [1.29, 1.82) is 0 Å². The van der Waals surface area contributed by atoms with Crippen LogP contribution < -0.4 is 4.74 Å². The Morgan fingerprint density at radius 3 is 2.77 bits per heavy atom. The first-order valence-electron chi connectivity index (χ1n) is 8.29. The molecule has 0 bridgehead atoms. The molecule has 0 amide bonds. The van der Waals surface area contributed by atoms with Gasteiger partial charge in [-0.05, 0) is 68.2 Å². The van der Waals surface area contributed by atoms with Crippen LogP contribution >= 0.6 is 23.2 Å². The molecule has 3 atom stereocenters. The summed E-state index contributed by atoms with van der Waals surface area (Å²) in [5.74, 6) is 1.90. The van der Waals surface area contributed by atoms with Crippen LogP contribution in [0.25, 0.3) is 0 Å². The zero-order chi connectivity index (χ0) is 15.9. The monoisotopic (exact) mass is 340 g/mol. The molecule has 1 aliphatic carbocycles. The van der Waals surface area contributed by atoms with Crippen LogP contribution in [-0.2, 0) is 0 Å². The Bertz CT molecular complexity index is 478. The molecule has 1 fully saturated rings. The molecule has 0 spiro atoms. The number of hydrogen-bond acceptors (Lipinski definition) is 1. The summed E-state index contributed by atoms with van der Waals surface area (Å²) in [7, 11) is 0. The second kappa shape index (κ2) is 8.84. The zero-order valence-electron chi connectivity index (χ0n) is 13.5. The molecule has 0 saturated heterocycles. The summed E-state index contributed by atoms with van der Waals surface area (Å²) >= 11 is 12.7. The van der Waals surface area contributed by atoms with E-state index in [-0.39, 0.29) is 5.38 Å². The van der Waals surface area contributed by atoms with Crippen molar-refractivity contribution >= 4 is 23.2 Å². The lowest BCUT2D eigenvalue weighted by Gasteiger charge is -2.34. The Labute approximate surface area is 144 Å². The van der Waals surface area contributed by atoms with Gasteiger partial charge >= 0.3 is 0 Å². The van der Waals surface area contributed by atoms with Gasteiger partial charge in [0.25, 0.3) is 0 Å². The average Bonchev–Trinajstić information content (AvgIpc) is 2.46. The van der Waals surface area contributed by atoms with Crippen molar-refractivity contribution in [2.45, 2.75) is 51.3 Å². The van der Waals surface area contributed by atoms with E-state index >= 15 is 0 Å². The van der Waals surface area contributed by atoms with E-state index in [2.05, 4.69) is 19.1 Å². The van der Waals surface area contributed by atoms with Crippen molar-refractivity contribution in [3.8, 4) is 5.75 Å². The zero-order valence-corrected chi connectivity index (χ0v) is 15.0. The van der Waals surface area contributed by atoms with E-state index in [0.717, 1.165) is 42.2 Å². The molecule has 22 heavy (non-hydrogen) atoms. The molecule has 0 aromatic heterocycles. The molecule has 1 nitrogen and oxygen atoms in total. The van der Waals surface area contributed by atoms with E-state index in [9.17, 15) is 0 Å². The van der Waals surface area contributed by atoms with Gasteiger partial charge in [-0.1, -0.05) is 37.1 Å². The SMILES string of the molecule is CC/C=C\C[C@H]1C(Cl)CCC[C@@H]1COc1cc(C)cc(Cl)c1. The molecule has 1 aliphatic rings. The fraction of sp³-hybridized carbons (Fsp3) is 0.579. The maximum atomic E-state index is 6.58. The summed E-state index contributed by atoms with van der Waals surface area (Å²) in [6.07, 6.45) is 10.2. The number of halogens is 2. The van der Waals surface area contributed by atoms with Crippen molar-refractivity contribution in [2.75, 3.05) is 6.61 Å². The van der Waals surface area contributed by atoms with Gasteiger partial charge in [0.05, 0.1) is 6.61 Å². The molecule has 3 heteroatoms. The molecular weight excluding hydrogens is 315 g/mol. The number of alkyl halides is 1. The van der Waals surface area contributed by atoms with Crippen LogP contribution in [0.15, 0.2) is 30.4 Å². The van der Waals surface area contributed by atoms with Gasteiger partial charge in [0.15, 0.2) is 0 Å². The van der Waals surface area contributed by atoms with Crippen molar-refractivity contribution in [2.24, 2.45) is 11.8 Å². The minimum absolute atomic E-state index is 0.268. The molecule has 0 radical (unpaired) electrons. The first-order valence-corrected chi connectivity index (χ1v) is 9.10. The van der Waals surface area contributed by atoms with Crippen LogP contribution in [0.4, 0.5) is 0 Å². The second-order valence-electron chi connectivity index (χ2n) is 6.26. The van der Waals surface area contributed by atoms with Crippen molar-refractivity contribution in [1.82, 2.24) is 0 Å². The van der Waals surface area contributed by atoms with Crippen LogP contribution in [0.2, 0.25) is 5.02 Å². The Balaban J connectivity index is 1.97. The number of ether oxygens (including phenoxy) is 1. The van der Waals surface area contributed by atoms with Crippen LogP contribution in [0.5, 0.6) is 5.75 Å². The highest BCUT2D eigenvalue weighted by Crippen LogP contribution is 2.37. The topological polar surface area (TPSA) is 9.23 Å². The van der Waals surface area contributed by atoms with E-state index in [1.165, 1.54) is 12.8 Å². The van der Waals surface area contributed by atoms with Gasteiger partial charge in [-0.25, -0.2) is 0 Å². The highest BCUT2D eigenvalue weighted by Gasteiger charge is 2.31. The third-order valence-corrected chi connectivity index (χ3v) is 5.18. The van der Waals surface area contributed by atoms with Gasteiger partial charge in [-0.2, -0.15) is 0 Å². The van der Waals surface area contributed by atoms with Crippen molar-refractivity contribution in [3.63, 3.8) is 0 Å². The maximum absolute atomic E-state index is 6.58. The van der Waals surface area contributed by atoms with Gasteiger partial charge in [-0.15, -0.1) is 11.6 Å². The smallest absolute Gasteiger partial charge is 0.121 e. The number of allylic oxidation sites excluding steroid dienone is 2. The molecule has 0 aliphatic heterocycles. The van der Waals surface area contributed by atoms with E-state index in [1.54, 1.807) is 0 Å². The van der Waals surface area contributed by atoms with E-state index in [0.29, 0.717) is 11.8 Å². The van der Waals surface area contributed by atoms with Crippen LogP contribution in [0.3, 0.4) is 0 Å². The molecule has 1 aromatic carbocycles. The number of benzene rings is 1. The van der Waals surface area contributed by atoms with Gasteiger partial charge in [0.2, 0.25) is 0 Å². The quantitative estimate of drug-likeness (QED) is 0.429. The fourth-order valence-corrected chi connectivity index (χ4v) is 4.00. The summed E-state index contributed by atoms with van der Waals surface area (Å²) in [4.78, 5) is 0. The summed E-state index contributed by atoms with van der Waals surface area (Å²) in [5.41, 5.74) is 1.13. The predicted octanol–water partition coefficient (Wildman–Crippen LogP) is 6.41. The Morgan fingerprint density at radius 2 is 2.05 bits per heavy atom. The van der Waals surface area contributed by atoms with Crippen molar-refractivity contribution < 1.29 is 4.74 Å². The molecule has 122 valence electrons. The molecule has 1 aromatic rings. The predicted molar refractivity (Wildman–Crippen MR) is 96.2 cm³/mol. The normalized spacial score (nSPS) is 25.5. The first-order chi connectivity index (χ1) is 10.6. The molecule has 1 unspecified atom stereocenters. The summed E-state index contributed by atoms with van der Waals surface area (Å²) < 4.78 is 6.02. The second-order valence-corrected chi connectivity index (χ2v) is 7.26. The molecule has 0 heterocycles. The summed E-state index contributed by atoms with van der Waals surface area (Å²) in [6.45, 7) is 4.93. The fourth-order valence-electron chi connectivity index (χ4n) is 3.25. The lowest BCUT2D eigenvalue weighted by atomic mass is 9.77. The van der Waals surface area contributed by atoms with E-state index in [4.69, 9.17) is 27.9 Å². The largest absolute Gasteiger partial charge is 0.493 e. The average molecular weight is 341 g/mol. The molecule has 2 rings (SSSR count). The number of aryl methyl sites for hydroxylation is 1. The third kappa shape index (κ3) is 5.21. The number of rotatable bonds is 6. The summed E-state index contributed by atoms with van der Waals surface area (Å²) in [5, 5.41) is 1.00. The standard InChI is InChI=1S/C19H26Cl2O/c1-3-4-5-8-18-15(7-6-9-19(18)21)13-22-17-11-14(2)10-16(20)12-17/h4-5,10-12,15,18-19H,3,6-9,13H2,1-2H3/b5-4-/t15-,18-,19?/m1/s1. The third-order valence-electron chi connectivity index (χ3n) is 4.42. The van der Waals surface area contributed by atoms with Gasteiger partial charge < -0.3 is 4.74 Å². The highest BCUT2D eigenvalue weighted by atomic mass is 35.5. The Hall–Kier alpha value is -0.660. The Morgan fingerprint density at radius 1 is 1.23 bits per heavy atom. The van der Waals surface area contributed by atoms with Crippen LogP contribution in [0.1, 0.15) is 44.6 Å². The van der Waals surface area contributed by atoms with Crippen molar-refractivity contribution in [3.05, 3.63) is 40.9 Å². The van der Waals surface area contributed by atoms with E-state index in [1.807, 2.05) is 25.1 Å².